The van der Waals surface area contributed by atoms with Gasteiger partial charge in [0.1, 0.15) is 0 Å². The van der Waals surface area contributed by atoms with Crippen molar-refractivity contribution in [3.05, 3.63) is 35.4 Å². The van der Waals surface area contributed by atoms with Crippen molar-refractivity contribution in [1.82, 2.24) is 5.32 Å². The van der Waals surface area contributed by atoms with Crippen molar-refractivity contribution in [2.24, 2.45) is 11.1 Å². The van der Waals surface area contributed by atoms with Crippen LogP contribution in [0, 0.1) is 5.41 Å². The Morgan fingerprint density at radius 3 is 2.17 bits per heavy atom. The summed E-state index contributed by atoms with van der Waals surface area (Å²) in [5.74, 6) is 0.0675. The van der Waals surface area contributed by atoms with Gasteiger partial charge in [0.25, 0.3) is 0 Å². The van der Waals surface area contributed by atoms with Gasteiger partial charge >= 0.3 is 0 Å². The molecule has 0 bridgehead atoms. The fourth-order valence-corrected chi connectivity index (χ4v) is 1.49. The molecule has 18 heavy (non-hydrogen) atoms. The van der Waals surface area contributed by atoms with Gasteiger partial charge < -0.3 is 11.1 Å². The zero-order chi connectivity index (χ0) is 13.8. The van der Waals surface area contributed by atoms with E-state index in [4.69, 9.17) is 5.73 Å². The Hall–Kier alpha value is -1.35. The Labute approximate surface area is 110 Å². The fourth-order valence-electron chi connectivity index (χ4n) is 1.49. The highest BCUT2D eigenvalue weighted by Gasteiger charge is 2.21. The maximum atomic E-state index is 11.9. The van der Waals surface area contributed by atoms with E-state index >= 15 is 0 Å². The van der Waals surface area contributed by atoms with E-state index in [1.807, 2.05) is 31.2 Å². The standard InChI is InChI=1S/C15H24N2O/c1-11(15(2,3)4)17-14(18)9-12-5-7-13(10-16)8-6-12/h5-8,11H,9-10,16H2,1-4H3,(H,17,18). The molecule has 3 heteroatoms. The summed E-state index contributed by atoms with van der Waals surface area (Å²) in [6.45, 7) is 8.93. The average molecular weight is 248 g/mol. The first-order valence-corrected chi connectivity index (χ1v) is 6.40. The molecule has 0 aliphatic heterocycles. The highest BCUT2D eigenvalue weighted by atomic mass is 16.1. The van der Waals surface area contributed by atoms with Crippen LogP contribution in [0.5, 0.6) is 0 Å². The Kier molecular flexibility index (Phi) is 4.91. The second-order valence-electron chi connectivity index (χ2n) is 5.85. The number of rotatable bonds is 4. The predicted octanol–water partition coefficient (Wildman–Crippen LogP) is 2.24. The molecule has 0 fully saturated rings. The molecule has 3 nitrogen and oxygen atoms in total. The zero-order valence-electron chi connectivity index (χ0n) is 11.8. The maximum Gasteiger partial charge on any atom is 0.224 e. The first-order valence-electron chi connectivity index (χ1n) is 6.40. The van der Waals surface area contributed by atoms with Crippen molar-refractivity contribution < 1.29 is 4.79 Å². The Morgan fingerprint density at radius 2 is 1.72 bits per heavy atom. The van der Waals surface area contributed by atoms with Crippen LogP contribution in [0.2, 0.25) is 0 Å². The highest BCUT2D eigenvalue weighted by Crippen LogP contribution is 2.18. The van der Waals surface area contributed by atoms with Gasteiger partial charge in [-0.25, -0.2) is 0 Å². The third kappa shape index (κ3) is 4.49. The molecule has 0 aliphatic rings. The van der Waals surface area contributed by atoms with Gasteiger partial charge in [-0.3, -0.25) is 4.79 Å². The summed E-state index contributed by atoms with van der Waals surface area (Å²) in [6, 6.07) is 8.02. The maximum absolute atomic E-state index is 11.9. The topological polar surface area (TPSA) is 55.1 Å². The summed E-state index contributed by atoms with van der Waals surface area (Å²) in [4.78, 5) is 11.9. The molecule has 0 aliphatic carbocycles. The van der Waals surface area contributed by atoms with Gasteiger partial charge in [0, 0.05) is 12.6 Å². The van der Waals surface area contributed by atoms with Crippen LogP contribution in [0.25, 0.3) is 0 Å². The second kappa shape index (κ2) is 6.01. The van der Waals surface area contributed by atoms with E-state index in [9.17, 15) is 4.79 Å². The first-order chi connectivity index (χ1) is 8.32. The van der Waals surface area contributed by atoms with E-state index in [0.717, 1.165) is 11.1 Å². The smallest absolute Gasteiger partial charge is 0.224 e. The average Bonchev–Trinajstić information content (AvgIpc) is 2.28. The second-order valence-corrected chi connectivity index (χ2v) is 5.85. The minimum atomic E-state index is 0.0675. The summed E-state index contributed by atoms with van der Waals surface area (Å²) in [5, 5.41) is 3.03. The first kappa shape index (κ1) is 14.7. The molecule has 0 aromatic heterocycles. The zero-order valence-corrected chi connectivity index (χ0v) is 11.8. The van der Waals surface area contributed by atoms with E-state index in [1.165, 1.54) is 0 Å². The summed E-state index contributed by atoms with van der Waals surface area (Å²) in [5.41, 5.74) is 7.72. The Morgan fingerprint density at radius 1 is 1.22 bits per heavy atom. The largest absolute Gasteiger partial charge is 0.353 e. The molecule has 1 amide bonds. The molecule has 1 aromatic rings. The number of hydrogen-bond donors (Lipinski definition) is 2. The molecular formula is C15H24N2O. The molecule has 0 saturated carbocycles. The van der Waals surface area contributed by atoms with Crippen LogP contribution in [0.3, 0.4) is 0 Å². The summed E-state index contributed by atoms with van der Waals surface area (Å²) < 4.78 is 0. The highest BCUT2D eigenvalue weighted by molar-refractivity contribution is 5.78. The van der Waals surface area contributed by atoms with Crippen LogP contribution in [0.1, 0.15) is 38.8 Å². The van der Waals surface area contributed by atoms with Crippen molar-refractivity contribution in [2.75, 3.05) is 0 Å². The van der Waals surface area contributed by atoms with Crippen molar-refractivity contribution in [3.63, 3.8) is 0 Å². The van der Waals surface area contributed by atoms with Crippen molar-refractivity contribution >= 4 is 5.91 Å². The van der Waals surface area contributed by atoms with Crippen molar-refractivity contribution in [2.45, 2.75) is 46.7 Å². The van der Waals surface area contributed by atoms with Gasteiger partial charge in [-0.1, -0.05) is 45.0 Å². The monoisotopic (exact) mass is 248 g/mol. The normalized spacial score (nSPS) is 13.2. The molecule has 0 heterocycles. The summed E-state index contributed by atoms with van der Waals surface area (Å²) >= 11 is 0. The minimum absolute atomic E-state index is 0.0675. The van der Waals surface area contributed by atoms with Gasteiger partial charge in [0.05, 0.1) is 6.42 Å². The lowest BCUT2D eigenvalue weighted by Crippen LogP contribution is -2.42. The third-order valence-corrected chi connectivity index (χ3v) is 3.30. The van der Waals surface area contributed by atoms with Crippen molar-refractivity contribution in [1.29, 1.82) is 0 Å². The molecular weight excluding hydrogens is 224 g/mol. The van der Waals surface area contributed by atoms with Gasteiger partial charge in [-0.2, -0.15) is 0 Å². The molecule has 3 N–H and O–H groups in total. The molecule has 0 spiro atoms. The number of amides is 1. The third-order valence-electron chi connectivity index (χ3n) is 3.30. The molecule has 1 unspecified atom stereocenters. The molecule has 0 radical (unpaired) electrons. The van der Waals surface area contributed by atoms with Gasteiger partial charge in [-0.05, 0) is 23.5 Å². The number of benzene rings is 1. The predicted molar refractivity (Wildman–Crippen MR) is 75.1 cm³/mol. The van der Waals surface area contributed by atoms with Crippen LogP contribution in [-0.2, 0) is 17.8 Å². The van der Waals surface area contributed by atoms with Gasteiger partial charge in [0.2, 0.25) is 5.91 Å². The number of nitrogens with two attached hydrogens (primary N) is 1. The number of hydrogen-bond acceptors (Lipinski definition) is 2. The fraction of sp³-hybridized carbons (Fsp3) is 0.533. The lowest BCUT2D eigenvalue weighted by molar-refractivity contribution is -0.121. The molecule has 0 saturated heterocycles. The number of carbonyl (C=O) groups is 1. The van der Waals surface area contributed by atoms with E-state index in [1.54, 1.807) is 0 Å². The van der Waals surface area contributed by atoms with Crippen molar-refractivity contribution in [3.8, 4) is 0 Å². The summed E-state index contributed by atoms with van der Waals surface area (Å²) in [7, 11) is 0. The SMILES string of the molecule is CC(NC(=O)Cc1ccc(CN)cc1)C(C)(C)C. The minimum Gasteiger partial charge on any atom is -0.353 e. The Balaban J connectivity index is 2.54. The van der Waals surface area contributed by atoms with Crippen LogP contribution >= 0.6 is 0 Å². The lowest BCUT2D eigenvalue weighted by atomic mass is 9.88. The van der Waals surface area contributed by atoms with Gasteiger partial charge in [0.15, 0.2) is 0 Å². The van der Waals surface area contributed by atoms with Crippen LogP contribution in [-0.4, -0.2) is 11.9 Å². The molecule has 1 rings (SSSR count). The quantitative estimate of drug-likeness (QED) is 0.858. The Bertz CT molecular complexity index is 390. The van der Waals surface area contributed by atoms with E-state index < -0.39 is 0 Å². The molecule has 1 aromatic carbocycles. The number of carbonyl (C=O) groups excluding carboxylic acids is 1. The van der Waals surface area contributed by atoms with Crippen LogP contribution < -0.4 is 11.1 Å². The van der Waals surface area contributed by atoms with E-state index in [0.29, 0.717) is 13.0 Å². The van der Waals surface area contributed by atoms with Crippen LogP contribution in [0.15, 0.2) is 24.3 Å². The molecule has 100 valence electrons. The van der Waals surface area contributed by atoms with E-state index in [2.05, 4.69) is 26.1 Å². The van der Waals surface area contributed by atoms with Crippen LogP contribution in [0.4, 0.5) is 0 Å². The molecule has 1 atom stereocenters. The lowest BCUT2D eigenvalue weighted by Gasteiger charge is -2.28. The summed E-state index contributed by atoms with van der Waals surface area (Å²) in [6.07, 6.45) is 0.422. The number of nitrogens with one attached hydrogen (secondary N) is 1. The van der Waals surface area contributed by atoms with E-state index in [-0.39, 0.29) is 17.4 Å². The van der Waals surface area contributed by atoms with Gasteiger partial charge in [-0.15, -0.1) is 0 Å².